The highest BCUT2D eigenvalue weighted by molar-refractivity contribution is 5.85. The van der Waals surface area contributed by atoms with Crippen LogP contribution in [0.2, 0.25) is 0 Å². The van der Waals surface area contributed by atoms with Crippen LogP contribution in [0.5, 0.6) is 0 Å². The number of β-amino-alcohol motifs (C(OH)–C–C–N with tert-alkyl or cyclic N) is 1. The summed E-state index contributed by atoms with van der Waals surface area (Å²) < 4.78 is 0. The second-order valence-corrected chi connectivity index (χ2v) is 4.18. The molecule has 0 radical (unpaired) electrons. The Balaban J connectivity index is 0.000000845. The van der Waals surface area contributed by atoms with Crippen LogP contribution in [0, 0.1) is 5.92 Å². The molecule has 3 nitrogen and oxygen atoms in total. The highest BCUT2D eigenvalue weighted by Crippen LogP contribution is 2.20. The van der Waals surface area contributed by atoms with Crippen molar-refractivity contribution in [3.63, 3.8) is 0 Å². The van der Waals surface area contributed by atoms with E-state index in [0.717, 1.165) is 19.0 Å². The Labute approximate surface area is 85.9 Å². The number of nitrogens with one attached hydrogen (secondary N) is 1. The fourth-order valence-corrected chi connectivity index (χ4v) is 2.29. The van der Waals surface area contributed by atoms with Crippen LogP contribution in [-0.4, -0.2) is 48.3 Å². The fourth-order valence-electron chi connectivity index (χ4n) is 2.29. The van der Waals surface area contributed by atoms with Gasteiger partial charge in [0, 0.05) is 25.7 Å². The van der Waals surface area contributed by atoms with Crippen molar-refractivity contribution in [1.29, 1.82) is 0 Å². The number of aliphatic hydroxyl groups excluding tert-OH is 1. The van der Waals surface area contributed by atoms with E-state index in [9.17, 15) is 5.11 Å². The molecule has 0 aromatic heterocycles. The maximum Gasteiger partial charge on any atom is 0.0831 e. The first-order valence-corrected chi connectivity index (χ1v) is 4.90. The van der Waals surface area contributed by atoms with Gasteiger partial charge in [0.15, 0.2) is 0 Å². The first-order valence-electron chi connectivity index (χ1n) is 4.90. The lowest BCUT2D eigenvalue weighted by atomic mass is 10.1. The van der Waals surface area contributed by atoms with E-state index >= 15 is 0 Å². The Morgan fingerprint density at radius 1 is 1.38 bits per heavy atom. The third kappa shape index (κ3) is 2.34. The van der Waals surface area contributed by atoms with Gasteiger partial charge in [-0.05, 0) is 18.9 Å². The molecule has 0 aromatic rings. The van der Waals surface area contributed by atoms with Crippen molar-refractivity contribution in [3.8, 4) is 0 Å². The summed E-state index contributed by atoms with van der Waals surface area (Å²) >= 11 is 0. The Hall–Kier alpha value is 0.170. The summed E-state index contributed by atoms with van der Waals surface area (Å²) in [6.07, 6.45) is 1.15. The molecule has 2 aliphatic heterocycles. The van der Waals surface area contributed by atoms with Gasteiger partial charge in [-0.1, -0.05) is 6.92 Å². The fraction of sp³-hybridized carbons (Fsp3) is 1.00. The minimum Gasteiger partial charge on any atom is -0.390 e. The molecular weight excluding hydrogens is 188 g/mol. The van der Waals surface area contributed by atoms with Gasteiger partial charge in [0.25, 0.3) is 0 Å². The second-order valence-electron chi connectivity index (χ2n) is 4.18. The molecule has 0 bridgehead atoms. The maximum absolute atomic E-state index is 9.63. The SMILES string of the molecule is CC1CCN([C@@H]2CNC[C@H]2O)C1.Cl. The average Bonchev–Trinajstić information content (AvgIpc) is 2.58. The molecule has 0 aromatic carbocycles. The highest BCUT2D eigenvalue weighted by Gasteiger charge is 2.33. The monoisotopic (exact) mass is 206 g/mol. The third-order valence-electron chi connectivity index (χ3n) is 3.08. The van der Waals surface area contributed by atoms with Crippen molar-refractivity contribution >= 4 is 12.4 Å². The summed E-state index contributed by atoms with van der Waals surface area (Å²) in [5.74, 6) is 0.817. The summed E-state index contributed by atoms with van der Waals surface area (Å²) in [4.78, 5) is 2.43. The highest BCUT2D eigenvalue weighted by atomic mass is 35.5. The quantitative estimate of drug-likeness (QED) is 0.638. The molecule has 2 saturated heterocycles. The molecule has 0 saturated carbocycles. The number of nitrogens with zero attached hydrogens (tertiary/aromatic N) is 1. The van der Waals surface area contributed by atoms with Gasteiger partial charge in [0.05, 0.1) is 6.10 Å². The predicted molar refractivity (Wildman–Crippen MR) is 55.3 cm³/mol. The maximum atomic E-state index is 9.63. The number of likely N-dealkylation sites (tertiary alicyclic amines) is 1. The molecule has 13 heavy (non-hydrogen) atoms. The van der Waals surface area contributed by atoms with Gasteiger partial charge in [-0.25, -0.2) is 0 Å². The van der Waals surface area contributed by atoms with Crippen LogP contribution in [0.25, 0.3) is 0 Å². The average molecular weight is 207 g/mol. The predicted octanol–water partition coefficient (Wildman–Crippen LogP) is 0.0827. The summed E-state index contributed by atoms with van der Waals surface area (Å²) in [6.45, 7) is 6.37. The van der Waals surface area contributed by atoms with Crippen LogP contribution < -0.4 is 5.32 Å². The van der Waals surface area contributed by atoms with Crippen LogP contribution in [-0.2, 0) is 0 Å². The molecule has 2 fully saturated rings. The number of halogens is 1. The van der Waals surface area contributed by atoms with E-state index in [2.05, 4.69) is 17.1 Å². The minimum absolute atomic E-state index is 0. The Kier molecular flexibility index (Phi) is 3.98. The Bertz CT molecular complexity index is 168. The van der Waals surface area contributed by atoms with Crippen molar-refractivity contribution in [1.82, 2.24) is 10.2 Å². The van der Waals surface area contributed by atoms with Gasteiger partial charge in [-0.3, -0.25) is 4.90 Å². The van der Waals surface area contributed by atoms with Crippen LogP contribution in [0.1, 0.15) is 13.3 Å². The zero-order valence-electron chi connectivity index (χ0n) is 8.07. The summed E-state index contributed by atoms with van der Waals surface area (Å²) in [5, 5.41) is 12.9. The second kappa shape index (κ2) is 4.60. The molecule has 1 unspecified atom stereocenters. The third-order valence-corrected chi connectivity index (χ3v) is 3.08. The zero-order valence-corrected chi connectivity index (χ0v) is 8.89. The van der Waals surface area contributed by atoms with Crippen molar-refractivity contribution in [2.75, 3.05) is 26.2 Å². The first kappa shape index (κ1) is 11.2. The van der Waals surface area contributed by atoms with Crippen molar-refractivity contribution in [3.05, 3.63) is 0 Å². The van der Waals surface area contributed by atoms with Crippen molar-refractivity contribution < 1.29 is 5.11 Å². The van der Waals surface area contributed by atoms with Crippen LogP contribution >= 0.6 is 12.4 Å². The van der Waals surface area contributed by atoms with Gasteiger partial charge in [-0.15, -0.1) is 12.4 Å². The van der Waals surface area contributed by atoms with E-state index in [1.165, 1.54) is 19.5 Å². The molecule has 2 aliphatic rings. The molecule has 0 spiro atoms. The molecule has 4 heteroatoms. The molecular formula is C9H19ClN2O. The molecule has 2 rings (SSSR count). The van der Waals surface area contributed by atoms with Crippen LogP contribution in [0.4, 0.5) is 0 Å². The summed E-state index contributed by atoms with van der Waals surface area (Å²) in [7, 11) is 0. The zero-order chi connectivity index (χ0) is 8.55. The van der Waals surface area contributed by atoms with Crippen molar-refractivity contribution in [2.24, 2.45) is 5.92 Å². The smallest absolute Gasteiger partial charge is 0.0831 e. The number of hydrogen-bond donors (Lipinski definition) is 2. The van der Waals surface area contributed by atoms with E-state index in [0.29, 0.717) is 6.04 Å². The van der Waals surface area contributed by atoms with Gasteiger partial charge in [0.2, 0.25) is 0 Å². The topological polar surface area (TPSA) is 35.5 Å². The van der Waals surface area contributed by atoms with Gasteiger partial charge >= 0.3 is 0 Å². The number of hydrogen-bond acceptors (Lipinski definition) is 3. The van der Waals surface area contributed by atoms with E-state index in [-0.39, 0.29) is 18.5 Å². The van der Waals surface area contributed by atoms with Crippen LogP contribution in [0.3, 0.4) is 0 Å². The molecule has 3 atom stereocenters. The molecule has 2 heterocycles. The lowest BCUT2D eigenvalue weighted by Crippen LogP contribution is -2.41. The lowest BCUT2D eigenvalue weighted by Gasteiger charge is -2.25. The van der Waals surface area contributed by atoms with E-state index in [4.69, 9.17) is 0 Å². The standard InChI is InChI=1S/C9H18N2O.ClH/c1-7-2-3-11(6-7)8-4-10-5-9(8)12;/h7-10,12H,2-6H2,1H3;1H/t7?,8-,9-;/m1./s1. The number of aliphatic hydroxyl groups is 1. The van der Waals surface area contributed by atoms with E-state index in [1.54, 1.807) is 0 Å². The van der Waals surface area contributed by atoms with E-state index < -0.39 is 0 Å². The summed E-state index contributed by atoms with van der Waals surface area (Å²) in [6, 6.07) is 0.384. The molecule has 78 valence electrons. The summed E-state index contributed by atoms with van der Waals surface area (Å²) in [5.41, 5.74) is 0. The Morgan fingerprint density at radius 3 is 2.62 bits per heavy atom. The molecule has 0 aliphatic carbocycles. The van der Waals surface area contributed by atoms with Gasteiger partial charge < -0.3 is 10.4 Å². The molecule has 0 amide bonds. The van der Waals surface area contributed by atoms with E-state index in [1.807, 2.05) is 0 Å². The first-order chi connectivity index (χ1) is 5.77. The van der Waals surface area contributed by atoms with Gasteiger partial charge in [0.1, 0.15) is 0 Å². The van der Waals surface area contributed by atoms with Gasteiger partial charge in [-0.2, -0.15) is 0 Å². The Morgan fingerprint density at radius 2 is 2.15 bits per heavy atom. The number of rotatable bonds is 1. The van der Waals surface area contributed by atoms with Crippen molar-refractivity contribution in [2.45, 2.75) is 25.5 Å². The van der Waals surface area contributed by atoms with Crippen LogP contribution in [0.15, 0.2) is 0 Å². The largest absolute Gasteiger partial charge is 0.390 e. The minimum atomic E-state index is -0.143. The normalized spacial score (nSPS) is 40.6. The molecule has 2 N–H and O–H groups in total. The lowest BCUT2D eigenvalue weighted by molar-refractivity contribution is 0.0966.